The maximum atomic E-state index is 13.0. The van der Waals surface area contributed by atoms with E-state index in [0.29, 0.717) is 42.9 Å². The monoisotopic (exact) mass is 476 g/mol. The van der Waals surface area contributed by atoms with Gasteiger partial charge in [0.1, 0.15) is 34.7 Å². The fraction of sp³-hybridized carbons (Fsp3) is 0.214. The van der Waals surface area contributed by atoms with E-state index >= 15 is 0 Å². The summed E-state index contributed by atoms with van der Waals surface area (Å²) in [7, 11) is 1.61. The Hall–Kier alpha value is -4.66. The van der Waals surface area contributed by atoms with Crippen LogP contribution >= 0.6 is 0 Å². The van der Waals surface area contributed by atoms with Gasteiger partial charge in [0.15, 0.2) is 0 Å². The Bertz CT molecular complexity index is 1570. The third kappa shape index (κ3) is 3.94. The first-order valence-electron chi connectivity index (χ1n) is 11.7. The van der Waals surface area contributed by atoms with Gasteiger partial charge in [0, 0.05) is 38.8 Å². The number of pyridine rings is 2. The van der Waals surface area contributed by atoms with Gasteiger partial charge >= 0.3 is 0 Å². The van der Waals surface area contributed by atoms with E-state index in [9.17, 15) is 20.4 Å². The smallest absolute Gasteiger partial charge is 0.270 e. The number of nitriles is 2. The number of aryl methyl sites for hydroxylation is 1. The normalized spacial score (nSPS) is 14.8. The van der Waals surface area contributed by atoms with Crippen LogP contribution in [0.5, 0.6) is 5.75 Å². The minimum atomic E-state index is -0.384. The summed E-state index contributed by atoms with van der Waals surface area (Å²) < 4.78 is 1.41. The minimum absolute atomic E-state index is 0.0290. The average Bonchev–Trinajstić information content (AvgIpc) is 2.92. The number of benzene rings is 2. The highest BCUT2D eigenvalue weighted by Gasteiger charge is 2.30. The second kappa shape index (κ2) is 9.53. The molecular weight excluding hydrogens is 452 g/mol. The van der Waals surface area contributed by atoms with Crippen molar-refractivity contribution >= 4 is 16.7 Å². The van der Waals surface area contributed by atoms with Crippen LogP contribution in [0.25, 0.3) is 11.0 Å². The largest absolute Gasteiger partial charge is 0.508 e. The molecule has 178 valence electrons. The number of hydrogen-bond acceptors (Lipinski definition) is 7. The molecule has 0 bridgehead atoms. The molecule has 1 saturated heterocycles. The number of rotatable bonds is 4. The summed E-state index contributed by atoms with van der Waals surface area (Å²) in [5.74, 6) is 0.242. The van der Waals surface area contributed by atoms with Crippen LogP contribution in [0, 0.1) is 22.7 Å². The lowest BCUT2D eigenvalue weighted by Crippen LogP contribution is -2.48. The van der Waals surface area contributed by atoms with Crippen molar-refractivity contribution in [3.63, 3.8) is 0 Å². The molecule has 1 aliphatic heterocycles. The fourth-order valence-corrected chi connectivity index (χ4v) is 5.01. The molecule has 8 nitrogen and oxygen atoms in total. The number of nitrogens with zero attached hydrogens (tertiary/aromatic N) is 6. The van der Waals surface area contributed by atoms with Gasteiger partial charge in [0.2, 0.25) is 0 Å². The Morgan fingerprint density at radius 2 is 1.61 bits per heavy atom. The van der Waals surface area contributed by atoms with Crippen molar-refractivity contribution in [3.05, 3.63) is 99.5 Å². The summed E-state index contributed by atoms with van der Waals surface area (Å²) in [6.07, 6.45) is 0. The Balaban J connectivity index is 1.54. The van der Waals surface area contributed by atoms with Gasteiger partial charge in [-0.2, -0.15) is 10.5 Å². The maximum Gasteiger partial charge on any atom is 0.270 e. The molecule has 8 heteroatoms. The summed E-state index contributed by atoms with van der Waals surface area (Å²) in [5.41, 5.74) is 3.30. The number of fused-ring (bicyclic) bond motifs is 1. The highest BCUT2D eigenvalue weighted by atomic mass is 16.3. The van der Waals surface area contributed by atoms with Crippen molar-refractivity contribution in [2.75, 3.05) is 31.1 Å². The van der Waals surface area contributed by atoms with E-state index in [1.165, 1.54) is 4.57 Å². The van der Waals surface area contributed by atoms with Crippen molar-refractivity contribution in [1.82, 2.24) is 14.5 Å². The van der Waals surface area contributed by atoms with E-state index in [-0.39, 0.29) is 28.6 Å². The number of phenolic OH excluding ortho intramolecular Hbond substituents is 1. The van der Waals surface area contributed by atoms with Crippen LogP contribution in [-0.4, -0.2) is 45.7 Å². The molecule has 4 aromatic rings. The Labute approximate surface area is 208 Å². The van der Waals surface area contributed by atoms with Crippen LogP contribution in [0.1, 0.15) is 28.4 Å². The highest BCUT2D eigenvalue weighted by molar-refractivity contribution is 5.92. The summed E-state index contributed by atoms with van der Waals surface area (Å²) in [5, 5.41) is 29.9. The molecule has 0 amide bonds. The maximum absolute atomic E-state index is 13.0. The summed E-state index contributed by atoms with van der Waals surface area (Å²) >= 11 is 0. The zero-order valence-corrected chi connectivity index (χ0v) is 19.8. The number of hydrogen-bond donors (Lipinski definition) is 1. The Morgan fingerprint density at radius 1 is 0.917 bits per heavy atom. The van der Waals surface area contributed by atoms with Crippen LogP contribution in [0.2, 0.25) is 0 Å². The van der Waals surface area contributed by atoms with E-state index in [1.807, 2.05) is 41.3 Å². The average molecular weight is 477 g/mol. The standard InChI is InChI=1S/C28H24N6O2/c1-32-23-12-11-20(17-29)31-25(23)27(22(18-30)28(32)36)34-15-13-33(14-16-34)26(19-7-3-2-4-8-19)21-9-5-6-10-24(21)35/h2-12,26,35H,13-16H2,1H3. The Kier molecular flexibility index (Phi) is 6.12. The number of phenols is 1. The molecule has 0 saturated carbocycles. The molecule has 0 aliphatic carbocycles. The molecule has 0 radical (unpaired) electrons. The van der Waals surface area contributed by atoms with Crippen LogP contribution in [0.4, 0.5) is 5.69 Å². The number of aromatic hydroxyl groups is 1. The lowest BCUT2D eigenvalue weighted by atomic mass is 9.95. The second-order valence-electron chi connectivity index (χ2n) is 8.77. The van der Waals surface area contributed by atoms with E-state index in [4.69, 9.17) is 0 Å². The van der Waals surface area contributed by atoms with Gasteiger partial charge in [-0.1, -0.05) is 48.5 Å². The molecule has 36 heavy (non-hydrogen) atoms. The van der Waals surface area contributed by atoms with E-state index in [2.05, 4.69) is 34.2 Å². The minimum Gasteiger partial charge on any atom is -0.508 e. The molecule has 5 rings (SSSR count). The number of aromatic nitrogens is 2. The Morgan fingerprint density at radius 3 is 2.28 bits per heavy atom. The van der Waals surface area contributed by atoms with E-state index < -0.39 is 0 Å². The quantitative estimate of drug-likeness (QED) is 0.481. The molecule has 0 spiro atoms. The van der Waals surface area contributed by atoms with Gasteiger partial charge in [-0.05, 0) is 23.8 Å². The van der Waals surface area contributed by atoms with Crippen LogP contribution < -0.4 is 10.5 Å². The molecule has 1 unspecified atom stereocenters. The molecule has 1 N–H and O–H groups in total. The first-order chi connectivity index (χ1) is 17.5. The van der Waals surface area contributed by atoms with Crippen molar-refractivity contribution < 1.29 is 5.11 Å². The van der Waals surface area contributed by atoms with E-state index in [0.717, 1.165) is 11.1 Å². The van der Waals surface area contributed by atoms with Crippen molar-refractivity contribution in [2.24, 2.45) is 7.05 Å². The molecule has 1 atom stereocenters. The molecule has 2 aromatic carbocycles. The van der Waals surface area contributed by atoms with Crippen molar-refractivity contribution in [2.45, 2.75) is 6.04 Å². The third-order valence-electron chi connectivity index (χ3n) is 6.78. The van der Waals surface area contributed by atoms with Gasteiger partial charge in [-0.25, -0.2) is 4.98 Å². The van der Waals surface area contributed by atoms with Gasteiger partial charge in [0.05, 0.1) is 17.2 Å². The SMILES string of the molecule is Cn1c(=O)c(C#N)c(N2CCN(C(c3ccccc3)c3ccccc3O)CC2)c2nc(C#N)ccc21. The molecular formula is C28H24N6O2. The van der Waals surface area contributed by atoms with Crippen LogP contribution in [-0.2, 0) is 7.05 Å². The summed E-state index contributed by atoms with van der Waals surface area (Å²) in [4.78, 5) is 21.8. The first kappa shape index (κ1) is 23.1. The third-order valence-corrected chi connectivity index (χ3v) is 6.78. The number of para-hydroxylation sites is 1. The van der Waals surface area contributed by atoms with Crippen LogP contribution in [0.3, 0.4) is 0 Å². The predicted octanol–water partition coefficient (Wildman–Crippen LogP) is 3.29. The summed E-state index contributed by atoms with van der Waals surface area (Å²) in [6, 6.07) is 24.7. The van der Waals surface area contributed by atoms with Gasteiger partial charge in [0.25, 0.3) is 5.56 Å². The fourth-order valence-electron chi connectivity index (χ4n) is 5.01. The van der Waals surface area contributed by atoms with E-state index in [1.54, 1.807) is 25.2 Å². The first-order valence-corrected chi connectivity index (χ1v) is 11.7. The van der Waals surface area contributed by atoms with Gasteiger partial charge in [-0.15, -0.1) is 0 Å². The van der Waals surface area contributed by atoms with Crippen molar-refractivity contribution in [1.29, 1.82) is 10.5 Å². The lowest BCUT2D eigenvalue weighted by Gasteiger charge is -2.41. The van der Waals surface area contributed by atoms with Gasteiger partial charge < -0.3 is 14.6 Å². The number of piperazine rings is 1. The molecule has 3 heterocycles. The zero-order chi connectivity index (χ0) is 25.2. The predicted molar refractivity (Wildman–Crippen MR) is 137 cm³/mol. The van der Waals surface area contributed by atoms with Gasteiger partial charge in [-0.3, -0.25) is 9.69 Å². The lowest BCUT2D eigenvalue weighted by molar-refractivity contribution is 0.209. The summed E-state index contributed by atoms with van der Waals surface area (Å²) in [6.45, 7) is 2.36. The second-order valence-corrected chi connectivity index (χ2v) is 8.77. The molecule has 1 aliphatic rings. The zero-order valence-electron chi connectivity index (χ0n) is 19.8. The molecule has 2 aromatic heterocycles. The van der Waals surface area contributed by atoms with Crippen LogP contribution in [0.15, 0.2) is 71.5 Å². The highest BCUT2D eigenvalue weighted by Crippen LogP contribution is 2.36. The molecule has 1 fully saturated rings. The topological polar surface area (TPSA) is 109 Å². The van der Waals surface area contributed by atoms with Crippen molar-refractivity contribution in [3.8, 4) is 17.9 Å². The number of anilines is 1.